The third kappa shape index (κ3) is 10.0. The fourth-order valence-corrected chi connectivity index (χ4v) is 1.60. The Hall–Kier alpha value is -0.280. The molecule has 0 saturated carbocycles. The van der Waals surface area contributed by atoms with Crippen LogP contribution in [0.2, 0.25) is 0 Å². The van der Waals surface area contributed by atoms with Crippen molar-refractivity contribution in [2.75, 3.05) is 6.54 Å². The maximum Gasteiger partial charge on any atom is 0.220 e. The summed E-state index contributed by atoms with van der Waals surface area (Å²) in [5.74, 6) is 1.24. The fourth-order valence-electron chi connectivity index (χ4n) is 1.60. The molecule has 4 heteroatoms. The van der Waals surface area contributed by atoms with E-state index in [1.807, 2.05) is 6.92 Å². The van der Waals surface area contributed by atoms with Crippen LogP contribution in [0.4, 0.5) is 0 Å². The molecule has 92 valence electrons. The van der Waals surface area contributed by atoms with Gasteiger partial charge in [0, 0.05) is 19.0 Å². The molecule has 0 fully saturated rings. The van der Waals surface area contributed by atoms with Crippen molar-refractivity contribution in [3.8, 4) is 0 Å². The van der Waals surface area contributed by atoms with E-state index in [0.717, 1.165) is 6.42 Å². The third-order valence-corrected chi connectivity index (χ3v) is 2.17. The molecule has 3 N–H and O–H groups in total. The Morgan fingerprint density at radius 3 is 2.20 bits per heavy atom. The second-order valence-electron chi connectivity index (χ2n) is 4.64. The molecular weight excluding hydrogens is 212 g/mol. The zero-order valence-corrected chi connectivity index (χ0v) is 11.1. The van der Waals surface area contributed by atoms with E-state index in [2.05, 4.69) is 26.1 Å². The van der Waals surface area contributed by atoms with E-state index in [9.17, 15) is 4.79 Å². The van der Waals surface area contributed by atoms with E-state index in [4.69, 9.17) is 5.73 Å². The number of rotatable bonds is 6. The first-order chi connectivity index (χ1) is 6.45. The Morgan fingerprint density at radius 1 is 1.27 bits per heavy atom. The van der Waals surface area contributed by atoms with Crippen molar-refractivity contribution in [3.63, 3.8) is 0 Å². The number of carbonyl (C=O) groups is 1. The summed E-state index contributed by atoms with van der Waals surface area (Å²) in [5.41, 5.74) is 5.42. The van der Waals surface area contributed by atoms with Crippen LogP contribution in [-0.4, -0.2) is 18.5 Å². The molecule has 1 unspecified atom stereocenters. The standard InChI is InChI=1S/C11H24N2O.ClH/c1-8(2)5-9(3)6-11(14)13-10(4)7-12;/h8-10H,5-7,12H2,1-4H3,(H,13,14);1H/t9?,10-;/m0./s1. The van der Waals surface area contributed by atoms with E-state index in [1.165, 1.54) is 0 Å². The number of hydrogen-bond acceptors (Lipinski definition) is 2. The number of hydrogen-bond donors (Lipinski definition) is 2. The van der Waals surface area contributed by atoms with E-state index >= 15 is 0 Å². The predicted octanol–water partition coefficient (Wildman–Crippen LogP) is 1.94. The number of nitrogens with one attached hydrogen (secondary N) is 1. The molecule has 0 saturated heterocycles. The van der Waals surface area contributed by atoms with Gasteiger partial charge < -0.3 is 11.1 Å². The summed E-state index contributed by atoms with van der Waals surface area (Å²) >= 11 is 0. The van der Waals surface area contributed by atoms with Gasteiger partial charge in [-0.1, -0.05) is 20.8 Å². The van der Waals surface area contributed by atoms with Crippen molar-refractivity contribution in [3.05, 3.63) is 0 Å². The Labute approximate surface area is 99.6 Å². The SMILES string of the molecule is CC(C)CC(C)CC(=O)N[C@@H](C)CN.Cl. The first-order valence-corrected chi connectivity index (χ1v) is 5.45. The lowest BCUT2D eigenvalue weighted by molar-refractivity contribution is -0.122. The van der Waals surface area contributed by atoms with Crippen molar-refractivity contribution in [1.29, 1.82) is 0 Å². The topological polar surface area (TPSA) is 55.1 Å². The minimum atomic E-state index is 0. The van der Waals surface area contributed by atoms with Crippen molar-refractivity contribution in [1.82, 2.24) is 5.32 Å². The van der Waals surface area contributed by atoms with E-state index in [-0.39, 0.29) is 24.4 Å². The van der Waals surface area contributed by atoms with Crippen LogP contribution in [0.5, 0.6) is 0 Å². The average molecular weight is 237 g/mol. The van der Waals surface area contributed by atoms with Crippen LogP contribution in [-0.2, 0) is 4.79 Å². The Morgan fingerprint density at radius 2 is 1.80 bits per heavy atom. The molecule has 0 radical (unpaired) electrons. The zero-order chi connectivity index (χ0) is 11.1. The zero-order valence-electron chi connectivity index (χ0n) is 10.2. The van der Waals surface area contributed by atoms with Crippen molar-refractivity contribution >= 4 is 18.3 Å². The summed E-state index contributed by atoms with van der Waals surface area (Å²) in [7, 11) is 0. The molecule has 2 atom stereocenters. The van der Waals surface area contributed by atoms with Crippen molar-refractivity contribution in [2.24, 2.45) is 17.6 Å². The lowest BCUT2D eigenvalue weighted by atomic mass is 9.96. The molecule has 0 spiro atoms. The highest BCUT2D eigenvalue weighted by Crippen LogP contribution is 2.14. The van der Waals surface area contributed by atoms with Crippen molar-refractivity contribution in [2.45, 2.75) is 46.6 Å². The second kappa shape index (κ2) is 8.98. The molecule has 1 amide bonds. The first-order valence-electron chi connectivity index (χ1n) is 5.45. The van der Waals surface area contributed by atoms with Gasteiger partial charge >= 0.3 is 0 Å². The van der Waals surface area contributed by atoms with Gasteiger partial charge in [0.05, 0.1) is 0 Å². The molecule has 0 aliphatic heterocycles. The minimum Gasteiger partial charge on any atom is -0.352 e. The minimum absolute atomic E-state index is 0. The van der Waals surface area contributed by atoms with E-state index in [0.29, 0.717) is 24.8 Å². The van der Waals surface area contributed by atoms with Gasteiger partial charge in [-0.15, -0.1) is 12.4 Å². The van der Waals surface area contributed by atoms with Gasteiger partial charge in [0.25, 0.3) is 0 Å². The molecule has 0 heterocycles. The molecule has 0 aromatic heterocycles. The maximum atomic E-state index is 11.4. The second-order valence-corrected chi connectivity index (χ2v) is 4.64. The van der Waals surface area contributed by atoms with Gasteiger partial charge in [0.15, 0.2) is 0 Å². The molecule has 0 rings (SSSR count). The summed E-state index contributed by atoms with van der Waals surface area (Å²) in [6.07, 6.45) is 1.72. The van der Waals surface area contributed by atoms with Crippen LogP contribution in [0.15, 0.2) is 0 Å². The van der Waals surface area contributed by atoms with Crippen LogP contribution < -0.4 is 11.1 Å². The number of amides is 1. The van der Waals surface area contributed by atoms with Crippen molar-refractivity contribution < 1.29 is 4.79 Å². The Balaban J connectivity index is 0. The normalized spacial score (nSPS) is 14.3. The summed E-state index contributed by atoms with van der Waals surface area (Å²) < 4.78 is 0. The molecule has 0 aromatic carbocycles. The number of halogens is 1. The van der Waals surface area contributed by atoms with Gasteiger partial charge in [-0.05, 0) is 25.2 Å². The summed E-state index contributed by atoms with van der Waals surface area (Å²) in [6.45, 7) is 8.90. The smallest absolute Gasteiger partial charge is 0.220 e. The van der Waals surface area contributed by atoms with Crippen LogP contribution in [0.3, 0.4) is 0 Å². The highest BCUT2D eigenvalue weighted by molar-refractivity contribution is 5.85. The molecule has 15 heavy (non-hydrogen) atoms. The molecular formula is C11H25ClN2O. The number of carbonyl (C=O) groups excluding carboxylic acids is 1. The van der Waals surface area contributed by atoms with Crippen LogP contribution >= 0.6 is 12.4 Å². The maximum absolute atomic E-state index is 11.4. The molecule has 0 aliphatic rings. The lowest BCUT2D eigenvalue weighted by Crippen LogP contribution is -2.38. The predicted molar refractivity (Wildman–Crippen MR) is 67.1 cm³/mol. The largest absolute Gasteiger partial charge is 0.352 e. The van der Waals surface area contributed by atoms with Crippen LogP contribution in [0.1, 0.15) is 40.5 Å². The van der Waals surface area contributed by atoms with E-state index in [1.54, 1.807) is 0 Å². The van der Waals surface area contributed by atoms with Crippen LogP contribution in [0.25, 0.3) is 0 Å². The summed E-state index contributed by atoms with van der Waals surface area (Å²) in [5, 5.41) is 2.87. The monoisotopic (exact) mass is 236 g/mol. The first kappa shape index (κ1) is 17.1. The van der Waals surface area contributed by atoms with Gasteiger partial charge in [-0.2, -0.15) is 0 Å². The van der Waals surface area contributed by atoms with Gasteiger partial charge in [0.2, 0.25) is 5.91 Å². The van der Waals surface area contributed by atoms with E-state index < -0.39 is 0 Å². The highest BCUT2D eigenvalue weighted by Gasteiger charge is 2.11. The lowest BCUT2D eigenvalue weighted by Gasteiger charge is -2.16. The highest BCUT2D eigenvalue weighted by atomic mass is 35.5. The quantitative estimate of drug-likeness (QED) is 0.741. The molecule has 0 aliphatic carbocycles. The van der Waals surface area contributed by atoms with Gasteiger partial charge in [0.1, 0.15) is 0 Å². The van der Waals surface area contributed by atoms with Crippen LogP contribution in [0, 0.1) is 11.8 Å². The van der Waals surface area contributed by atoms with Gasteiger partial charge in [-0.25, -0.2) is 0 Å². The third-order valence-electron chi connectivity index (χ3n) is 2.17. The summed E-state index contributed by atoms with van der Waals surface area (Å²) in [4.78, 5) is 11.4. The molecule has 0 aromatic rings. The molecule has 3 nitrogen and oxygen atoms in total. The fraction of sp³-hybridized carbons (Fsp3) is 0.909. The number of nitrogens with two attached hydrogens (primary N) is 1. The van der Waals surface area contributed by atoms with Gasteiger partial charge in [-0.3, -0.25) is 4.79 Å². The average Bonchev–Trinajstić information content (AvgIpc) is 2.01. The molecule has 0 bridgehead atoms. The summed E-state index contributed by atoms with van der Waals surface area (Å²) in [6, 6.07) is 0.0914. The Bertz CT molecular complexity index is 174. The Kier molecular flexibility index (Phi) is 10.3.